The number of hydrogen-bond donors (Lipinski definition) is 0. The Morgan fingerprint density at radius 2 is 1.80 bits per heavy atom. The largest absolute Gasteiger partial charge is 0.370 e. The van der Waals surface area contributed by atoms with Crippen molar-refractivity contribution < 1.29 is 4.74 Å². The first-order chi connectivity index (χ1) is 9.46. The van der Waals surface area contributed by atoms with Crippen LogP contribution in [-0.2, 0) is 21.8 Å². The molecule has 3 nitrogen and oxygen atoms in total. The van der Waals surface area contributed by atoms with Crippen molar-refractivity contribution in [3.63, 3.8) is 0 Å². The summed E-state index contributed by atoms with van der Waals surface area (Å²) in [5, 5.41) is 0.622. The molecule has 1 fully saturated rings. The van der Waals surface area contributed by atoms with Gasteiger partial charge in [0.15, 0.2) is 5.82 Å². The van der Waals surface area contributed by atoms with Gasteiger partial charge in [-0.05, 0) is 31.1 Å². The number of hydrogen-bond acceptors (Lipinski definition) is 4. The Bertz CT molecular complexity index is 523. The van der Waals surface area contributed by atoms with Crippen molar-refractivity contribution in [1.29, 1.82) is 0 Å². The van der Waals surface area contributed by atoms with E-state index in [1.807, 2.05) is 11.8 Å². The van der Waals surface area contributed by atoms with E-state index in [2.05, 4.69) is 18.8 Å². The third-order valence-corrected chi connectivity index (χ3v) is 6.02. The SMILES string of the molecule is COC1(c2nc(Cl)c3c(n2)CSC3)CCC(C)(C)CC1. The maximum atomic E-state index is 6.35. The van der Waals surface area contributed by atoms with Crippen molar-refractivity contribution in [1.82, 2.24) is 9.97 Å². The van der Waals surface area contributed by atoms with Gasteiger partial charge in [-0.1, -0.05) is 25.4 Å². The molecule has 1 aliphatic carbocycles. The molecule has 2 aliphatic rings. The van der Waals surface area contributed by atoms with Crippen molar-refractivity contribution in [3.8, 4) is 0 Å². The van der Waals surface area contributed by atoms with Crippen LogP contribution in [0, 0.1) is 5.41 Å². The molecule has 110 valence electrons. The molecular formula is C15H21ClN2OS. The normalized spacial score (nSPS) is 23.6. The third-order valence-electron chi connectivity index (χ3n) is 4.74. The number of nitrogens with zero attached hydrogens (tertiary/aromatic N) is 2. The van der Waals surface area contributed by atoms with Crippen molar-refractivity contribution >= 4 is 23.4 Å². The van der Waals surface area contributed by atoms with Crippen molar-refractivity contribution in [2.75, 3.05) is 7.11 Å². The second-order valence-corrected chi connectivity index (χ2v) is 7.96. The molecule has 0 spiro atoms. The van der Waals surface area contributed by atoms with Gasteiger partial charge >= 0.3 is 0 Å². The van der Waals surface area contributed by atoms with Gasteiger partial charge < -0.3 is 4.74 Å². The quantitative estimate of drug-likeness (QED) is 0.762. The fraction of sp³-hybridized carbons (Fsp3) is 0.733. The van der Waals surface area contributed by atoms with Crippen LogP contribution in [-0.4, -0.2) is 17.1 Å². The van der Waals surface area contributed by atoms with Crippen molar-refractivity contribution in [2.24, 2.45) is 5.41 Å². The fourth-order valence-electron chi connectivity index (χ4n) is 3.07. The Morgan fingerprint density at radius 3 is 2.45 bits per heavy atom. The molecule has 1 aliphatic heterocycles. The molecule has 20 heavy (non-hydrogen) atoms. The molecule has 0 amide bonds. The molecule has 0 saturated heterocycles. The standard InChI is InChI=1S/C15H21ClN2OS/c1-14(2)4-6-15(19-3,7-5-14)13-17-11-9-20-8-10(11)12(16)18-13/h4-9H2,1-3H3. The minimum absolute atomic E-state index is 0.346. The van der Waals surface area contributed by atoms with Gasteiger partial charge in [0.2, 0.25) is 0 Å². The predicted octanol–water partition coefficient (Wildman–Crippen LogP) is 4.32. The van der Waals surface area contributed by atoms with Crippen LogP contribution < -0.4 is 0 Å². The minimum atomic E-state index is -0.346. The second-order valence-electron chi connectivity index (χ2n) is 6.62. The molecule has 0 radical (unpaired) electrons. The molecule has 3 rings (SSSR count). The summed E-state index contributed by atoms with van der Waals surface area (Å²) in [4.78, 5) is 9.36. The average molecular weight is 313 g/mol. The van der Waals surface area contributed by atoms with E-state index < -0.39 is 0 Å². The van der Waals surface area contributed by atoms with Crippen LogP contribution in [0.4, 0.5) is 0 Å². The molecule has 0 N–H and O–H groups in total. The summed E-state index contributed by atoms with van der Waals surface area (Å²) in [6.45, 7) is 4.64. The number of aromatic nitrogens is 2. The zero-order chi connectivity index (χ0) is 14.4. The van der Waals surface area contributed by atoms with E-state index in [9.17, 15) is 0 Å². The Morgan fingerprint density at radius 1 is 1.10 bits per heavy atom. The summed E-state index contributed by atoms with van der Waals surface area (Å²) in [5.41, 5.74) is 2.26. The zero-order valence-electron chi connectivity index (χ0n) is 12.3. The summed E-state index contributed by atoms with van der Waals surface area (Å²) < 4.78 is 5.88. The molecule has 5 heteroatoms. The van der Waals surface area contributed by atoms with Crippen LogP contribution in [0.3, 0.4) is 0 Å². The number of ether oxygens (including phenoxy) is 1. The first-order valence-corrected chi connectivity index (χ1v) is 8.68. The highest BCUT2D eigenvalue weighted by atomic mass is 35.5. The molecule has 0 bridgehead atoms. The smallest absolute Gasteiger partial charge is 0.162 e. The average Bonchev–Trinajstić information content (AvgIpc) is 2.88. The van der Waals surface area contributed by atoms with Gasteiger partial charge in [-0.2, -0.15) is 11.8 Å². The number of halogens is 1. The first-order valence-electron chi connectivity index (χ1n) is 7.14. The monoisotopic (exact) mass is 312 g/mol. The van der Waals surface area contributed by atoms with Crippen molar-refractivity contribution in [3.05, 3.63) is 22.2 Å². The number of thioether (sulfide) groups is 1. The highest BCUT2D eigenvalue weighted by molar-refractivity contribution is 7.98. The van der Waals surface area contributed by atoms with Crippen LogP contribution in [0.15, 0.2) is 0 Å². The highest BCUT2D eigenvalue weighted by Gasteiger charge is 2.42. The van der Waals surface area contributed by atoms with E-state index in [1.165, 1.54) is 0 Å². The fourth-order valence-corrected chi connectivity index (χ4v) is 4.44. The van der Waals surface area contributed by atoms with Crippen LogP contribution in [0.2, 0.25) is 5.15 Å². The first kappa shape index (κ1) is 14.6. The summed E-state index contributed by atoms with van der Waals surface area (Å²) >= 11 is 8.20. The Balaban J connectivity index is 1.96. The lowest BCUT2D eigenvalue weighted by atomic mass is 9.70. The summed E-state index contributed by atoms with van der Waals surface area (Å²) in [7, 11) is 1.78. The van der Waals surface area contributed by atoms with Crippen LogP contribution >= 0.6 is 23.4 Å². The second kappa shape index (κ2) is 5.15. The van der Waals surface area contributed by atoms with Crippen LogP contribution in [0.25, 0.3) is 0 Å². The van der Waals surface area contributed by atoms with E-state index in [0.29, 0.717) is 10.6 Å². The summed E-state index contributed by atoms with van der Waals surface area (Å²) in [5.74, 6) is 2.67. The number of rotatable bonds is 2. The highest BCUT2D eigenvalue weighted by Crippen LogP contribution is 2.47. The van der Waals surface area contributed by atoms with E-state index in [1.54, 1.807) is 7.11 Å². The Hall–Kier alpha value is -0.320. The Kier molecular flexibility index (Phi) is 3.76. The van der Waals surface area contributed by atoms with Gasteiger partial charge in [0.1, 0.15) is 10.8 Å². The van der Waals surface area contributed by atoms with E-state index >= 15 is 0 Å². The molecular weight excluding hydrogens is 292 g/mol. The molecule has 0 unspecified atom stereocenters. The molecule has 1 saturated carbocycles. The van der Waals surface area contributed by atoms with E-state index in [0.717, 1.165) is 54.3 Å². The van der Waals surface area contributed by atoms with Crippen LogP contribution in [0.1, 0.15) is 56.6 Å². The molecule has 0 aromatic carbocycles. The summed E-state index contributed by atoms with van der Waals surface area (Å²) in [6, 6.07) is 0. The maximum absolute atomic E-state index is 6.35. The number of methoxy groups -OCH3 is 1. The molecule has 0 atom stereocenters. The van der Waals surface area contributed by atoms with Gasteiger partial charge in [-0.3, -0.25) is 0 Å². The Labute approximate surface area is 129 Å². The summed E-state index contributed by atoms with van der Waals surface area (Å²) in [6.07, 6.45) is 4.21. The van der Waals surface area contributed by atoms with E-state index in [-0.39, 0.29) is 5.60 Å². The zero-order valence-corrected chi connectivity index (χ0v) is 13.9. The minimum Gasteiger partial charge on any atom is -0.370 e. The lowest BCUT2D eigenvalue weighted by Crippen LogP contribution is -2.38. The van der Waals surface area contributed by atoms with Gasteiger partial charge in [-0.15, -0.1) is 0 Å². The predicted molar refractivity (Wildman–Crippen MR) is 83.0 cm³/mol. The van der Waals surface area contributed by atoms with Crippen LogP contribution in [0.5, 0.6) is 0 Å². The van der Waals surface area contributed by atoms with Gasteiger partial charge in [-0.25, -0.2) is 9.97 Å². The molecule has 2 heterocycles. The van der Waals surface area contributed by atoms with Crippen molar-refractivity contribution in [2.45, 2.75) is 56.6 Å². The lowest BCUT2D eigenvalue weighted by molar-refractivity contribution is -0.0730. The van der Waals surface area contributed by atoms with Gasteiger partial charge in [0.25, 0.3) is 0 Å². The maximum Gasteiger partial charge on any atom is 0.162 e. The lowest BCUT2D eigenvalue weighted by Gasteiger charge is -2.41. The van der Waals surface area contributed by atoms with Gasteiger partial charge in [0.05, 0.1) is 5.69 Å². The molecule has 1 aromatic rings. The third kappa shape index (κ3) is 2.46. The number of fused-ring (bicyclic) bond motifs is 1. The topological polar surface area (TPSA) is 35.0 Å². The van der Waals surface area contributed by atoms with Gasteiger partial charge in [0, 0.05) is 24.2 Å². The van der Waals surface area contributed by atoms with E-state index in [4.69, 9.17) is 21.3 Å². The molecule has 1 aromatic heterocycles.